The first-order valence-corrected chi connectivity index (χ1v) is 11.4. The number of hydrogen-bond acceptors (Lipinski definition) is 6. The fourth-order valence-electron chi connectivity index (χ4n) is 4.00. The first-order valence-electron chi connectivity index (χ1n) is 11.0. The summed E-state index contributed by atoms with van der Waals surface area (Å²) in [5.41, 5.74) is 4.16. The van der Waals surface area contributed by atoms with Crippen LogP contribution in [0.5, 0.6) is 5.75 Å². The summed E-state index contributed by atoms with van der Waals surface area (Å²) in [6.45, 7) is 5.70. The molecule has 0 aliphatic carbocycles. The molecule has 6 nitrogen and oxygen atoms in total. The lowest BCUT2D eigenvalue weighted by Gasteiger charge is -2.29. The summed E-state index contributed by atoms with van der Waals surface area (Å²) >= 11 is 6.48. The number of anilines is 3. The van der Waals surface area contributed by atoms with Crippen LogP contribution in [0.25, 0.3) is 11.3 Å². The number of carbonyl (C=O) groups excluding carboxylic acids is 1. The summed E-state index contributed by atoms with van der Waals surface area (Å²) in [5.74, 6) is 0.985. The first kappa shape index (κ1) is 22.8. The number of ketones is 1. The number of nitrogens with zero attached hydrogens (tertiary/aromatic N) is 3. The van der Waals surface area contributed by atoms with Crippen molar-refractivity contribution in [1.29, 1.82) is 0 Å². The van der Waals surface area contributed by atoms with Crippen molar-refractivity contribution in [2.45, 2.75) is 25.7 Å². The van der Waals surface area contributed by atoms with Crippen LogP contribution < -0.4 is 15.0 Å². The number of nitrogens with one attached hydrogen (secondary N) is 1. The molecule has 0 spiro atoms. The van der Waals surface area contributed by atoms with Gasteiger partial charge in [0.1, 0.15) is 5.75 Å². The van der Waals surface area contributed by atoms with Crippen molar-refractivity contribution in [2.24, 2.45) is 0 Å². The standard InChI is InChI=1S/C26H27ClN4O2/c1-3-21(32)14-18-10-11-24(33-2)22(15-18)25-23(27)17-28-26(30-25)29-19-8-7-9-20(16-19)31-12-5-4-6-13-31/h3,7-11,15-17H,1,4-6,12-14H2,2H3,(H,28,29,30). The maximum absolute atomic E-state index is 11.8. The lowest BCUT2D eigenvalue weighted by atomic mass is 10.0. The zero-order valence-electron chi connectivity index (χ0n) is 18.7. The highest BCUT2D eigenvalue weighted by Crippen LogP contribution is 2.35. The van der Waals surface area contributed by atoms with Crippen LogP contribution in [-0.4, -0.2) is 36.0 Å². The Kier molecular flexibility index (Phi) is 7.25. The third kappa shape index (κ3) is 5.52. The van der Waals surface area contributed by atoms with Crippen molar-refractivity contribution in [3.63, 3.8) is 0 Å². The van der Waals surface area contributed by atoms with Crippen molar-refractivity contribution in [1.82, 2.24) is 9.97 Å². The van der Waals surface area contributed by atoms with Gasteiger partial charge < -0.3 is 15.0 Å². The van der Waals surface area contributed by atoms with Gasteiger partial charge in [-0.25, -0.2) is 9.97 Å². The van der Waals surface area contributed by atoms with Crippen LogP contribution in [0.3, 0.4) is 0 Å². The SMILES string of the molecule is C=CC(=O)Cc1ccc(OC)c(-c2nc(Nc3cccc(N4CCCCC4)c3)ncc2Cl)c1. The predicted molar refractivity (Wildman–Crippen MR) is 134 cm³/mol. The fraction of sp³-hybridized carbons (Fsp3) is 0.269. The van der Waals surface area contributed by atoms with Crippen molar-refractivity contribution < 1.29 is 9.53 Å². The van der Waals surface area contributed by atoms with Crippen LogP contribution >= 0.6 is 11.6 Å². The Morgan fingerprint density at radius 1 is 1.21 bits per heavy atom. The summed E-state index contributed by atoms with van der Waals surface area (Å²) < 4.78 is 5.53. The lowest BCUT2D eigenvalue weighted by Crippen LogP contribution is -2.29. The summed E-state index contributed by atoms with van der Waals surface area (Å²) in [6, 6.07) is 13.8. The van der Waals surface area contributed by atoms with E-state index in [2.05, 4.69) is 38.9 Å². The number of hydrogen-bond donors (Lipinski definition) is 1. The summed E-state index contributed by atoms with van der Waals surface area (Å²) in [6.07, 6.45) is 6.88. The molecule has 1 saturated heterocycles. The molecule has 1 aromatic heterocycles. The molecule has 0 bridgehead atoms. The van der Waals surface area contributed by atoms with Gasteiger partial charge in [-0.3, -0.25) is 4.79 Å². The minimum absolute atomic E-state index is 0.0594. The Morgan fingerprint density at radius 3 is 2.79 bits per heavy atom. The second kappa shape index (κ2) is 10.5. The second-order valence-corrected chi connectivity index (χ2v) is 8.40. The fourth-order valence-corrected chi connectivity index (χ4v) is 4.19. The summed E-state index contributed by atoms with van der Waals surface area (Å²) in [5, 5.41) is 3.69. The summed E-state index contributed by atoms with van der Waals surface area (Å²) in [7, 11) is 1.59. The molecule has 3 aromatic rings. The Balaban J connectivity index is 1.63. The normalized spacial score (nSPS) is 13.5. The number of halogens is 1. The number of piperidine rings is 1. The van der Waals surface area contributed by atoms with E-state index in [0.29, 0.717) is 28.0 Å². The van der Waals surface area contributed by atoms with Gasteiger partial charge in [0.2, 0.25) is 5.95 Å². The molecule has 0 atom stereocenters. The number of ether oxygens (including phenoxy) is 1. The Hall–Kier alpha value is -3.38. The van der Waals surface area contributed by atoms with Gasteiger partial charge in [0.25, 0.3) is 0 Å². The molecular weight excluding hydrogens is 436 g/mol. The number of allylic oxidation sites excluding steroid dienone is 1. The number of methoxy groups -OCH3 is 1. The van der Waals surface area contributed by atoms with E-state index in [-0.39, 0.29) is 12.2 Å². The Morgan fingerprint density at radius 2 is 2.03 bits per heavy atom. The van der Waals surface area contributed by atoms with Crippen molar-refractivity contribution >= 4 is 34.7 Å². The smallest absolute Gasteiger partial charge is 0.227 e. The monoisotopic (exact) mass is 462 g/mol. The number of rotatable bonds is 8. The lowest BCUT2D eigenvalue weighted by molar-refractivity contribution is -0.114. The molecule has 0 unspecified atom stereocenters. The van der Waals surface area contributed by atoms with Gasteiger partial charge in [0.15, 0.2) is 5.78 Å². The van der Waals surface area contributed by atoms with Gasteiger partial charge >= 0.3 is 0 Å². The maximum atomic E-state index is 11.8. The van der Waals surface area contributed by atoms with Gasteiger partial charge in [-0.2, -0.15) is 0 Å². The third-order valence-corrected chi connectivity index (χ3v) is 5.97. The van der Waals surface area contributed by atoms with E-state index in [9.17, 15) is 4.79 Å². The van der Waals surface area contributed by atoms with Gasteiger partial charge in [-0.15, -0.1) is 0 Å². The van der Waals surface area contributed by atoms with Crippen LogP contribution in [0, 0.1) is 0 Å². The molecule has 4 rings (SSSR count). The molecule has 1 aliphatic rings. The number of carbonyl (C=O) groups is 1. The van der Waals surface area contributed by atoms with Gasteiger partial charge in [0.05, 0.1) is 24.0 Å². The molecule has 0 amide bonds. The minimum Gasteiger partial charge on any atom is -0.496 e. The zero-order chi connectivity index (χ0) is 23.2. The topological polar surface area (TPSA) is 67.3 Å². The van der Waals surface area contributed by atoms with E-state index in [0.717, 1.165) is 24.3 Å². The van der Waals surface area contributed by atoms with Crippen LogP contribution in [0.4, 0.5) is 17.3 Å². The van der Waals surface area contributed by atoms with Crippen LogP contribution in [0.15, 0.2) is 61.3 Å². The highest BCUT2D eigenvalue weighted by Gasteiger charge is 2.16. The molecule has 2 heterocycles. The van der Waals surface area contributed by atoms with Gasteiger partial charge in [0, 0.05) is 36.4 Å². The Bertz CT molecular complexity index is 1160. The molecule has 1 N–H and O–H groups in total. The molecular formula is C26H27ClN4O2. The van der Waals surface area contributed by atoms with Crippen molar-refractivity contribution in [2.75, 3.05) is 30.4 Å². The molecule has 7 heteroatoms. The Labute approximate surface area is 199 Å². The quantitative estimate of drug-likeness (QED) is 0.424. The first-order chi connectivity index (χ1) is 16.1. The predicted octanol–water partition coefficient (Wildman–Crippen LogP) is 5.84. The highest BCUT2D eigenvalue weighted by molar-refractivity contribution is 6.33. The van der Waals surface area contributed by atoms with Crippen LogP contribution in [-0.2, 0) is 11.2 Å². The molecule has 0 saturated carbocycles. The van der Waals surface area contributed by atoms with Crippen LogP contribution in [0.1, 0.15) is 24.8 Å². The molecule has 2 aromatic carbocycles. The largest absolute Gasteiger partial charge is 0.496 e. The van der Waals surface area contributed by atoms with Crippen LogP contribution in [0.2, 0.25) is 5.02 Å². The van der Waals surface area contributed by atoms with Gasteiger partial charge in [-0.1, -0.05) is 30.3 Å². The van der Waals surface area contributed by atoms with Gasteiger partial charge in [-0.05, 0) is 61.2 Å². The molecule has 170 valence electrons. The average Bonchev–Trinajstić information content (AvgIpc) is 2.86. The number of benzene rings is 2. The van der Waals surface area contributed by atoms with E-state index in [1.807, 2.05) is 30.3 Å². The van der Waals surface area contributed by atoms with E-state index in [1.165, 1.54) is 31.0 Å². The second-order valence-electron chi connectivity index (χ2n) is 8.00. The maximum Gasteiger partial charge on any atom is 0.227 e. The van der Waals surface area contributed by atoms with E-state index >= 15 is 0 Å². The van der Waals surface area contributed by atoms with Crippen molar-refractivity contribution in [3.05, 3.63) is 71.9 Å². The molecule has 0 radical (unpaired) electrons. The summed E-state index contributed by atoms with van der Waals surface area (Å²) in [4.78, 5) is 23.3. The zero-order valence-corrected chi connectivity index (χ0v) is 19.4. The van der Waals surface area contributed by atoms with E-state index in [4.69, 9.17) is 16.3 Å². The molecule has 33 heavy (non-hydrogen) atoms. The van der Waals surface area contributed by atoms with Crippen molar-refractivity contribution in [3.8, 4) is 17.0 Å². The third-order valence-electron chi connectivity index (χ3n) is 5.69. The average molecular weight is 463 g/mol. The molecule has 1 aliphatic heterocycles. The molecule has 1 fully saturated rings. The minimum atomic E-state index is -0.0594. The van der Waals surface area contributed by atoms with E-state index in [1.54, 1.807) is 13.3 Å². The van der Waals surface area contributed by atoms with E-state index < -0.39 is 0 Å². The highest BCUT2D eigenvalue weighted by atomic mass is 35.5. The number of aromatic nitrogens is 2.